The Kier molecular flexibility index (Phi) is 11.1. The van der Waals surface area contributed by atoms with Crippen LogP contribution in [-0.2, 0) is 11.2 Å². The summed E-state index contributed by atoms with van der Waals surface area (Å²) in [7, 11) is 0. The van der Waals surface area contributed by atoms with E-state index >= 15 is 0 Å². The Morgan fingerprint density at radius 2 is 2.03 bits per heavy atom. The molecule has 1 saturated heterocycles. The van der Waals surface area contributed by atoms with Gasteiger partial charge >= 0.3 is 0 Å². The lowest BCUT2D eigenvalue weighted by molar-refractivity contribution is -0.120. The summed E-state index contributed by atoms with van der Waals surface area (Å²) in [6.45, 7) is 5.82. The Morgan fingerprint density at radius 3 is 2.71 bits per heavy atom. The van der Waals surface area contributed by atoms with Gasteiger partial charge in [-0.2, -0.15) is 0 Å². The Morgan fingerprint density at radius 1 is 1.23 bits per heavy atom. The molecule has 0 saturated carbocycles. The summed E-state index contributed by atoms with van der Waals surface area (Å²) in [5.41, 5.74) is 0.667. The number of nitrogens with one attached hydrogen (secondary N) is 3. The maximum Gasteiger partial charge on any atom is 0.224 e. The molecular formula is C22H31FIN5OS. The van der Waals surface area contributed by atoms with E-state index < -0.39 is 0 Å². The van der Waals surface area contributed by atoms with Crippen LogP contribution in [0.2, 0.25) is 0 Å². The number of hydrogen-bond donors (Lipinski definition) is 3. The molecule has 1 aliphatic heterocycles. The molecule has 0 spiro atoms. The standard InChI is InChI=1S/C22H30FN5OS.HI/c1-2-24-22(27-19-8-12-28(13-9-19)21-7-4-14-30-21)26-11-10-25-20(29)16-17-5-3-6-18(23)15-17;/h3-7,14-15,19H,2,8-13,16H2,1H3,(H,25,29)(H2,24,26,27);1H. The van der Waals surface area contributed by atoms with Gasteiger partial charge in [0.1, 0.15) is 5.82 Å². The van der Waals surface area contributed by atoms with Crippen molar-refractivity contribution in [1.29, 1.82) is 0 Å². The molecule has 1 aliphatic rings. The minimum absolute atomic E-state index is 0. The van der Waals surface area contributed by atoms with Crippen molar-refractivity contribution in [1.82, 2.24) is 16.0 Å². The maximum absolute atomic E-state index is 13.2. The van der Waals surface area contributed by atoms with Crippen LogP contribution in [0.5, 0.6) is 0 Å². The number of carbonyl (C=O) groups is 1. The molecule has 2 heterocycles. The van der Waals surface area contributed by atoms with Crippen LogP contribution in [0.15, 0.2) is 46.8 Å². The lowest BCUT2D eigenvalue weighted by Gasteiger charge is -2.33. The van der Waals surface area contributed by atoms with E-state index in [2.05, 4.69) is 43.4 Å². The van der Waals surface area contributed by atoms with Gasteiger partial charge in [0.15, 0.2) is 5.96 Å². The summed E-state index contributed by atoms with van der Waals surface area (Å²) >= 11 is 1.79. The van der Waals surface area contributed by atoms with Crippen LogP contribution in [0.25, 0.3) is 0 Å². The number of nitrogens with zero attached hydrogens (tertiary/aromatic N) is 2. The molecule has 1 aromatic heterocycles. The van der Waals surface area contributed by atoms with E-state index in [-0.39, 0.29) is 42.1 Å². The molecule has 0 atom stereocenters. The van der Waals surface area contributed by atoms with Crippen molar-refractivity contribution in [3.63, 3.8) is 0 Å². The highest BCUT2D eigenvalue weighted by molar-refractivity contribution is 14.0. The van der Waals surface area contributed by atoms with Crippen molar-refractivity contribution in [3.8, 4) is 0 Å². The largest absolute Gasteiger partial charge is 0.363 e. The zero-order valence-corrected chi connectivity index (χ0v) is 20.9. The molecule has 0 aliphatic carbocycles. The topological polar surface area (TPSA) is 68.8 Å². The van der Waals surface area contributed by atoms with Crippen LogP contribution in [0, 0.1) is 5.82 Å². The van der Waals surface area contributed by atoms with Gasteiger partial charge < -0.3 is 20.9 Å². The normalized spacial score (nSPS) is 14.6. The van der Waals surface area contributed by atoms with Gasteiger partial charge in [0.25, 0.3) is 0 Å². The number of amides is 1. The number of anilines is 1. The number of aliphatic imine (C=N–C) groups is 1. The number of benzene rings is 1. The number of guanidine groups is 1. The van der Waals surface area contributed by atoms with Gasteiger partial charge in [-0.25, -0.2) is 4.39 Å². The van der Waals surface area contributed by atoms with Gasteiger partial charge in [-0.15, -0.1) is 35.3 Å². The summed E-state index contributed by atoms with van der Waals surface area (Å²) in [4.78, 5) is 19.0. The first kappa shape index (κ1) is 25.4. The predicted molar refractivity (Wildman–Crippen MR) is 137 cm³/mol. The second-order valence-corrected chi connectivity index (χ2v) is 8.20. The first-order chi connectivity index (χ1) is 14.6. The minimum Gasteiger partial charge on any atom is -0.363 e. The van der Waals surface area contributed by atoms with Crippen LogP contribution in [0.3, 0.4) is 0 Å². The summed E-state index contributed by atoms with van der Waals surface area (Å²) < 4.78 is 13.2. The third-order valence-electron chi connectivity index (χ3n) is 4.96. The molecular weight excluding hydrogens is 528 g/mol. The molecule has 9 heteroatoms. The molecule has 170 valence electrons. The third-order valence-corrected chi connectivity index (χ3v) is 5.88. The van der Waals surface area contributed by atoms with Crippen molar-refractivity contribution < 1.29 is 9.18 Å². The highest BCUT2D eigenvalue weighted by atomic mass is 127. The van der Waals surface area contributed by atoms with Gasteiger partial charge in [0, 0.05) is 32.2 Å². The predicted octanol–water partition coefficient (Wildman–Crippen LogP) is 3.39. The van der Waals surface area contributed by atoms with E-state index in [9.17, 15) is 9.18 Å². The molecule has 3 N–H and O–H groups in total. The van der Waals surface area contributed by atoms with Gasteiger partial charge in [-0.3, -0.25) is 9.79 Å². The van der Waals surface area contributed by atoms with Crippen molar-refractivity contribution in [2.75, 3.05) is 37.6 Å². The van der Waals surface area contributed by atoms with Gasteiger partial charge in [-0.05, 0) is 55.0 Å². The van der Waals surface area contributed by atoms with E-state index in [0.29, 0.717) is 24.7 Å². The van der Waals surface area contributed by atoms with E-state index in [1.54, 1.807) is 23.5 Å². The quantitative estimate of drug-likeness (QED) is 0.201. The fraction of sp³-hybridized carbons (Fsp3) is 0.455. The second kappa shape index (κ2) is 13.5. The molecule has 0 bridgehead atoms. The number of rotatable bonds is 8. The van der Waals surface area contributed by atoms with E-state index in [4.69, 9.17) is 0 Å². The monoisotopic (exact) mass is 559 g/mol. The number of halogens is 2. The van der Waals surface area contributed by atoms with Crippen molar-refractivity contribution in [3.05, 3.63) is 53.2 Å². The first-order valence-corrected chi connectivity index (χ1v) is 11.4. The summed E-state index contributed by atoms with van der Waals surface area (Å²) in [5.74, 6) is 0.327. The summed E-state index contributed by atoms with van der Waals surface area (Å²) in [6.07, 6.45) is 2.29. The Labute approximate surface area is 204 Å². The Bertz CT molecular complexity index is 825. The highest BCUT2D eigenvalue weighted by Gasteiger charge is 2.20. The minimum atomic E-state index is -0.326. The van der Waals surface area contributed by atoms with Gasteiger partial charge in [0.2, 0.25) is 5.91 Å². The first-order valence-electron chi connectivity index (χ1n) is 10.5. The summed E-state index contributed by atoms with van der Waals surface area (Å²) in [6, 6.07) is 10.8. The van der Waals surface area contributed by atoms with Crippen LogP contribution < -0.4 is 20.9 Å². The van der Waals surface area contributed by atoms with Crippen molar-refractivity contribution in [2.45, 2.75) is 32.2 Å². The van der Waals surface area contributed by atoms with Crippen molar-refractivity contribution >= 4 is 52.2 Å². The SMILES string of the molecule is CCNC(=NCCNC(=O)Cc1cccc(F)c1)NC1CCN(c2cccs2)CC1.I. The molecule has 31 heavy (non-hydrogen) atoms. The van der Waals surface area contributed by atoms with Crippen LogP contribution in [-0.4, -0.2) is 50.6 Å². The maximum atomic E-state index is 13.2. The zero-order valence-electron chi connectivity index (χ0n) is 17.8. The zero-order chi connectivity index (χ0) is 21.2. The molecule has 0 unspecified atom stereocenters. The number of piperidine rings is 1. The molecule has 0 radical (unpaired) electrons. The molecule has 3 rings (SSSR count). The molecule has 1 fully saturated rings. The Balaban J connectivity index is 0.00000341. The number of carbonyl (C=O) groups excluding carboxylic acids is 1. The fourth-order valence-corrected chi connectivity index (χ4v) is 4.25. The van der Waals surface area contributed by atoms with Crippen LogP contribution in [0.4, 0.5) is 9.39 Å². The van der Waals surface area contributed by atoms with E-state index in [1.165, 1.54) is 17.1 Å². The molecule has 1 aromatic carbocycles. The molecule has 6 nitrogen and oxygen atoms in total. The van der Waals surface area contributed by atoms with E-state index in [0.717, 1.165) is 38.4 Å². The van der Waals surface area contributed by atoms with Gasteiger partial charge in [0.05, 0.1) is 18.0 Å². The van der Waals surface area contributed by atoms with E-state index in [1.807, 2.05) is 6.92 Å². The number of thiophene rings is 1. The van der Waals surface area contributed by atoms with Crippen LogP contribution in [0.1, 0.15) is 25.3 Å². The smallest absolute Gasteiger partial charge is 0.224 e. The molecule has 2 aromatic rings. The lowest BCUT2D eigenvalue weighted by Crippen LogP contribution is -2.48. The lowest BCUT2D eigenvalue weighted by atomic mass is 10.1. The summed E-state index contributed by atoms with van der Waals surface area (Å²) in [5, 5.41) is 13.1. The third kappa shape index (κ3) is 8.64. The molecule has 1 amide bonds. The average molecular weight is 559 g/mol. The highest BCUT2D eigenvalue weighted by Crippen LogP contribution is 2.24. The van der Waals surface area contributed by atoms with Crippen molar-refractivity contribution in [2.24, 2.45) is 4.99 Å². The average Bonchev–Trinajstić information content (AvgIpc) is 3.27. The Hall–Kier alpha value is -1.88. The van der Waals surface area contributed by atoms with Gasteiger partial charge in [-0.1, -0.05) is 12.1 Å². The second-order valence-electron chi connectivity index (χ2n) is 7.27. The number of hydrogen-bond acceptors (Lipinski definition) is 4. The fourth-order valence-electron chi connectivity index (χ4n) is 3.47. The van der Waals surface area contributed by atoms with Crippen LogP contribution >= 0.6 is 35.3 Å².